The van der Waals surface area contributed by atoms with E-state index in [0.29, 0.717) is 5.75 Å². The van der Waals surface area contributed by atoms with Gasteiger partial charge in [-0.15, -0.1) is 0 Å². The number of carbonyl (C=O) groups is 2. The number of carbonyl (C=O) groups excluding carboxylic acids is 2. The van der Waals surface area contributed by atoms with Crippen molar-refractivity contribution in [2.45, 2.75) is 13.0 Å². The summed E-state index contributed by atoms with van der Waals surface area (Å²) in [5.74, 6) is -0.619. The summed E-state index contributed by atoms with van der Waals surface area (Å²) in [6, 6.07) is 6.50. The molecule has 1 aliphatic heterocycles. The van der Waals surface area contributed by atoms with Crippen molar-refractivity contribution in [2.24, 2.45) is 0 Å². The molecule has 0 aromatic heterocycles. The van der Waals surface area contributed by atoms with Crippen molar-refractivity contribution in [3.63, 3.8) is 0 Å². The molecular formula is C14H15NO4. The van der Waals surface area contributed by atoms with E-state index in [1.807, 2.05) is 0 Å². The van der Waals surface area contributed by atoms with Gasteiger partial charge in [-0.1, -0.05) is 12.1 Å². The SMILES string of the molecule is COc1ccc([C@H]2C(C(C)=O)=C(O)C(=O)N2C)cc1. The first-order chi connectivity index (χ1) is 8.97. The number of hydrogen-bond acceptors (Lipinski definition) is 4. The number of nitrogens with zero attached hydrogens (tertiary/aromatic N) is 1. The van der Waals surface area contributed by atoms with Crippen LogP contribution in [-0.4, -0.2) is 35.9 Å². The maximum atomic E-state index is 11.8. The van der Waals surface area contributed by atoms with E-state index in [4.69, 9.17) is 4.74 Å². The molecule has 1 amide bonds. The minimum absolute atomic E-state index is 0.137. The molecule has 1 N–H and O–H groups in total. The van der Waals surface area contributed by atoms with Gasteiger partial charge in [0.1, 0.15) is 5.75 Å². The molecule has 0 spiro atoms. The molecule has 0 radical (unpaired) electrons. The fourth-order valence-electron chi connectivity index (χ4n) is 2.26. The van der Waals surface area contributed by atoms with Gasteiger partial charge in [0.05, 0.1) is 18.7 Å². The van der Waals surface area contributed by atoms with Crippen LogP contribution in [0.3, 0.4) is 0 Å². The standard InChI is InChI=1S/C14H15NO4/c1-8(16)11-12(15(2)14(18)13(11)17)9-4-6-10(19-3)7-5-9/h4-7,12,17H,1-3H3/t12-/m0/s1. The summed E-state index contributed by atoms with van der Waals surface area (Å²) in [6.07, 6.45) is 0. The number of rotatable bonds is 3. The Morgan fingerprint density at radius 3 is 2.37 bits per heavy atom. The first kappa shape index (κ1) is 13.1. The predicted molar refractivity (Wildman–Crippen MR) is 68.8 cm³/mol. The van der Waals surface area contributed by atoms with Gasteiger partial charge in [0.2, 0.25) is 0 Å². The molecule has 2 rings (SSSR count). The van der Waals surface area contributed by atoms with Crippen molar-refractivity contribution in [3.05, 3.63) is 41.2 Å². The molecule has 1 aromatic rings. The Morgan fingerprint density at radius 2 is 1.89 bits per heavy atom. The fourth-order valence-corrected chi connectivity index (χ4v) is 2.26. The van der Waals surface area contributed by atoms with Crippen LogP contribution in [0.1, 0.15) is 18.5 Å². The van der Waals surface area contributed by atoms with Gasteiger partial charge in [0.15, 0.2) is 11.5 Å². The van der Waals surface area contributed by atoms with E-state index in [1.165, 1.54) is 11.8 Å². The van der Waals surface area contributed by atoms with Crippen LogP contribution in [0.25, 0.3) is 0 Å². The number of hydrogen-bond donors (Lipinski definition) is 1. The van der Waals surface area contributed by atoms with E-state index in [-0.39, 0.29) is 11.4 Å². The Balaban J connectivity index is 2.47. The second kappa shape index (κ2) is 4.76. The van der Waals surface area contributed by atoms with Crippen molar-refractivity contribution < 1.29 is 19.4 Å². The van der Waals surface area contributed by atoms with Crippen molar-refractivity contribution in [1.82, 2.24) is 4.90 Å². The summed E-state index contributed by atoms with van der Waals surface area (Å²) < 4.78 is 5.07. The van der Waals surface area contributed by atoms with Crippen LogP contribution in [0, 0.1) is 0 Å². The average molecular weight is 261 g/mol. The molecule has 0 saturated heterocycles. The second-order valence-electron chi connectivity index (χ2n) is 4.41. The van der Waals surface area contributed by atoms with E-state index in [2.05, 4.69) is 0 Å². The van der Waals surface area contributed by atoms with Crippen molar-refractivity contribution in [3.8, 4) is 5.75 Å². The Labute approximate surface area is 111 Å². The fraction of sp³-hybridized carbons (Fsp3) is 0.286. The van der Waals surface area contributed by atoms with Crippen LogP contribution in [-0.2, 0) is 9.59 Å². The molecule has 100 valence electrons. The van der Waals surface area contributed by atoms with Crippen LogP contribution in [0.15, 0.2) is 35.6 Å². The molecule has 1 heterocycles. The summed E-state index contributed by atoms with van der Waals surface area (Å²) in [4.78, 5) is 24.8. The van der Waals surface area contributed by atoms with Crippen molar-refractivity contribution in [1.29, 1.82) is 0 Å². The number of amides is 1. The van der Waals surface area contributed by atoms with Crippen LogP contribution in [0.5, 0.6) is 5.75 Å². The third-order valence-electron chi connectivity index (χ3n) is 3.25. The number of Topliss-reactive ketones (excluding diaryl/α,β-unsaturated/α-hetero) is 1. The zero-order valence-electron chi connectivity index (χ0n) is 11.0. The van der Waals surface area contributed by atoms with E-state index in [1.54, 1.807) is 38.4 Å². The highest BCUT2D eigenvalue weighted by molar-refractivity contribution is 6.07. The van der Waals surface area contributed by atoms with E-state index >= 15 is 0 Å². The smallest absolute Gasteiger partial charge is 0.289 e. The van der Waals surface area contributed by atoms with Crippen LogP contribution in [0.2, 0.25) is 0 Å². The minimum atomic E-state index is -0.545. The van der Waals surface area contributed by atoms with Gasteiger partial charge in [0.25, 0.3) is 5.91 Å². The summed E-state index contributed by atoms with van der Waals surface area (Å²) in [5, 5.41) is 9.77. The lowest BCUT2D eigenvalue weighted by Crippen LogP contribution is -2.26. The van der Waals surface area contributed by atoms with Crippen molar-refractivity contribution in [2.75, 3.05) is 14.2 Å². The summed E-state index contributed by atoms with van der Waals surface area (Å²) in [6.45, 7) is 1.34. The molecule has 5 nitrogen and oxygen atoms in total. The lowest BCUT2D eigenvalue weighted by Gasteiger charge is -2.22. The number of ether oxygens (including phenoxy) is 1. The van der Waals surface area contributed by atoms with Gasteiger partial charge in [-0.3, -0.25) is 9.59 Å². The van der Waals surface area contributed by atoms with E-state index in [0.717, 1.165) is 5.56 Å². The highest BCUT2D eigenvalue weighted by Crippen LogP contribution is 2.36. The monoisotopic (exact) mass is 261 g/mol. The van der Waals surface area contributed by atoms with Crippen LogP contribution >= 0.6 is 0 Å². The molecular weight excluding hydrogens is 246 g/mol. The summed E-state index contributed by atoms with van der Waals surface area (Å²) >= 11 is 0. The largest absolute Gasteiger partial charge is 0.503 e. The predicted octanol–water partition coefficient (Wildman–Crippen LogP) is 1.61. The average Bonchev–Trinajstić information content (AvgIpc) is 2.63. The lowest BCUT2D eigenvalue weighted by atomic mass is 9.97. The Kier molecular flexibility index (Phi) is 3.29. The third kappa shape index (κ3) is 2.07. The van der Waals surface area contributed by atoms with Gasteiger partial charge < -0.3 is 14.7 Å². The molecule has 1 aromatic carbocycles. The number of aliphatic hydroxyl groups excluding tert-OH is 1. The Hall–Kier alpha value is -2.30. The topological polar surface area (TPSA) is 66.8 Å². The summed E-state index contributed by atoms with van der Waals surface area (Å²) in [5.41, 5.74) is 0.892. The minimum Gasteiger partial charge on any atom is -0.503 e. The van der Waals surface area contributed by atoms with Crippen LogP contribution in [0.4, 0.5) is 0 Å². The maximum Gasteiger partial charge on any atom is 0.289 e. The van der Waals surface area contributed by atoms with E-state index < -0.39 is 17.7 Å². The molecule has 5 heteroatoms. The number of aliphatic hydroxyl groups is 1. The van der Waals surface area contributed by atoms with Gasteiger partial charge in [-0.2, -0.15) is 0 Å². The second-order valence-corrected chi connectivity index (χ2v) is 4.41. The normalized spacial score (nSPS) is 19.0. The molecule has 0 saturated carbocycles. The molecule has 0 aliphatic carbocycles. The maximum absolute atomic E-state index is 11.8. The zero-order chi connectivity index (χ0) is 14.2. The molecule has 1 atom stereocenters. The van der Waals surface area contributed by atoms with Crippen LogP contribution < -0.4 is 4.74 Å². The highest BCUT2D eigenvalue weighted by atomic mass is 16.5. The van der Waals surface area contributed by atoms with Gasteiger partial charge in [0, 0.05) is 7.05 Å². The number of methoxy groups -OCH3 is 1. The highest BCUT2D eigenvalue weighted by Gasteiger charge is 2.40. The quantitative estimate of drug-likeness (QED) is 0.897. The number of likely N-dealkylation sites (N-methyl/N-ethyl adjacent to an activating group) is 1. The Bertz CT molecular complexity index is 559. The number of benzene rings is 1. The molecule has 0 bridgehead atoms. The molecule has 19 heavy (non-hydrogen) atoms. The number of ketones is 1. The first-order valence-corrected chi connectivity index (χ1v) is 5.82. The zero-order valence-corrected chi connectivity index (χ0v) is 11.0. The molecule has 1 aliphatic rings. The first-order valence-electron chi connectivity index (χ1n) is 5.82. The van der Waals surface area contributed by atoms with Gasteiger partial charge in [-0.05, 0) is 24.6 Å². The molecule has 0 unspecified atom stereocenters. The summed E-state index contributed by atoms with van der Waals surface area (Å²) in [7, 11) is 3.12. The van der Waals surface area contributed by atoms with E-state index in [9.17, 15) is 14.7 Å². The molecule has 0 fully saturated rings. The lowest BCUT2D eigenvalue weighted by molar-refractivity contribution is -0.128. The third-order valence-corrected chi connectivity index (χ3v) is 3.25. The van der Waals surface area contributed by atoms with Gasteiger partial charge >= 0.3 is 0 Å². The van der Waals surface area contributed by atoms with Gasteiger partial charge in [-0.25, -0.2) is 0 Å². The van der Waals surface area contributed by atoms with Crippen molar-refractivity contribution >= 4 is 11.7 Å². The Morgan fingerprint density at radius 1 is 1.32 bits per heavy atom.